The van der Waals surface area contributed by atoms with Crippen molar-refractivity contribution in [1.82, 2.24) is 10.2 Å². The topological polar surface area (TPSA) is 32.3 Å². The van der Waals surface area contributed by atoms with Crippen LogP contribution in [0.1, 0.15) is 38.5 Å². The average molecular weight is 305 g/mol. The van der Waals surface area contributed by atoms with Crippen LogP contribution in [0.5, 0.6) is 0 Å². The van der Waals surface area contributed by atoms with Crippen molar-refractivity contribution in [2.24, 2.45) is 5.92 Å². The molecule has 1 aliphatic carbocycles. The largest absolute Gasteiger partial charge is 0.342 e. The van der Waals surface area contributed by atoms with Crippen molar-refractivity contribution in [1.29, 1.82) is 0 Å². The lowest BCUT2D eigenvalue weighted by molar-refractivity contribution is -0.131. The molecule has 1 amide bonds. The van der Waals surface area contributed by atoms with E-state index in [1.165, 1.54) is 31.6 Å². The van der Waals surface area contributed by atoms with Gasteiger partial charge in [-0.3, -0.25) is 4.79 Å². The molecular weight excluding hydrogens is 280 g/mol. The van der Waals surface area contributed by atoms with Crippen LogP contribution >= 0.6 is 24.2 Å². The number of nitrogens with zero attached hydrogens (tertiary/aromatic N) is 1. The van der Waals surface area contributed by atoms with Gasteiger partial charge in [0.05, 0.1) is 5.25 Å². The van der Waals surface area contributed by atoms with Gasteiger partial charge >= 0.3 is 0 Å². The van der Waals surface area contributed by atoms with Gasteiger partial charge < -0.3 is 10.2 Å². The smallest absolute Gasteiger partial charge is 0.235 e. The lowest BCUT2D eigenvalue weighted by atomic mass is 10.0. The maximum Gasteiger partial charge on any atom is 0.235 e. The minimum atomic E-state index is 0. The highest BCUT2D eigenvalue weighted by molar-refractivity contribution is 8.00. The first-order valence-corrected chi connectivity index (χ1v) is 8.51. The number of thioether (sulfide) groups is 1. The number of rotatable bonds is 4. The molecule has 3 nitrogen and oxygen atoms in total. The number of piperidine rings is 1. The molecule has 5 heteroatoms. The molecule has 1 unspecified atom stereocenters. The summed E-state index contributed by atoms with van der Waals surface area (Å²) >= 11 is 1.86. The number of carbonyl (C=O) groups is 1. The first kappa shape index (κ1) is 15.5. The highest BCUT2D eigenvalue weighted by atomic mass is 35.5. The summed E-state index contributed by atoms with van der Waals surface area (Å²) in [6.07, 6.45) is 7.46. The van der Waals surface area contributed by atoms with Gasteiger partial charge in [-0.15, -0.1) is 24.2 Å². The fraction of sp³-hybridized carbons (Fsp3) is 0.929. The molecule has 3 aliphatic rings. The fourth-order valence-corrected chi connectivity index (χ4v) is 4.18. The van der Waals surface area contributed by atoms with Gasteiger partial charge in [0.2, 0.25) is 5.91 Å². The van der Waals surface area contributed by atoms with Crippen LogP contribution in [0, 0.1) is 5.92 Å². The monoisotopic (exact) mass is 304 g/mol. The minimum Gasteiger partial charge on any atom is -0.342 e. The third kappa shape index (κ3) is 4.27. The Hall–Kier alpha value is 0.0700. The zero-order valence-electron chi connectivity index (χ0n) is 11.5. The molecule has 3 rings (SSSR count). The predicted molar refractivity (Wildman–Crippen MR) is 83.1 cm³/mol. The summed E-state index contributed by atoms with van der Waals surface area (Å²) in [5, 5.41) is 3.95. The normalized spacial score (nSPS) is 28.2. The second kappa shape index (κ2) is 7.19. The average Bonchev–Trinajstić information content (AvgIpc) is 3.08. The van der Waals surface area contributed by atoms with E-state index in [1.54, 1.807) is 0 Å². The summed E-state index contributed by atoms with van der Waals surface area (Å²) in [6, 6.07) is 0.658. The van der Waals surface area contributed by atoms with Crippen molar-refractivity contribution in [2.75, 3.05) is 25.4 Å². The lowest BCUT2D eigenvalue weighted by Crippen LogP contribution is -2.47. The van der Waals surface area contributed by atoms with Gasteiger partial charge in [0.25, 0.3) is 0 Å². The van der Waals surface area contributed by atoms with Crippen LogP contribution in [-0.4, -0.2) is 47.5 Å². The first-order chi connectivity index (χ1) is 8.83. The molecule has 19 heavy (non-hydrogen) atoms. The number of halogens is 1. The molecule has 1 N–H and O–H groups in total. The van der Waals surface area contributed by atoms with Crippen LogP contribution in [0.3, 0.4) is 0 Å². The zero-order chi connectivity index (χ0) is 12.4. The third-order valence-corrected chi connectivity index (χ3v) is 5.77. The molecule has 0 aromatic carbocycles. The van der Waals surface area contributed by atoms with E-state index < -0.39 is 0 Å². The van der Waals surface area contributed by atoms with Crippen molar-refractivity contribution in [3.63, 3.8) is 0 Å². The van der Waals surface area contributed by atoms with E-state index in [0.29, 0.717) is 11.9 Å². The molecule has 2 heterocycles. The van der Waals surface area contributed by atoms with Gasteiger partial charge in [-0.2, -0.15) is 0 Å². The molecule has 0 radical (unpaired) electrons. The number of amides is 1. The Morgan fingerprint density at radius 3 is 2.47 bits per heavy atom. The van der Waals surface area contributed by atoms with Crippen LogP contribution in [0.15, 0.2) is 0 Å². The van der Waals surface area contributed by atoms with Gasteiger partial charge in [0.1, 0.15) is 0 Å². The van der Waals surface area contributed by atoms with E-state index in [1.807, 2.05) is 11.8 Å². The highest BCUT2D eigenvalue weighted by Gasteiger charge is 2.31. The first-order valence-electron chi connectivity index (χ1n) is 7.46. The minimum absolute atomic E-state index is 0. The van der Waals surface area contributed by atoms with Crippen LogP contribution < -0.4 is 5.32 Å². The number of hydrogen-bond acceptors (Lipinski definition) is 3. The van der Waals surface area contributed by atoms with Gasteiger partial charge in [-0.25, -0.2) is 0 Å². The SMILES string of the molecule is Cl.O=C(C1CCCS1)N1CCC(NCC2CC2)CC1. The standard InChI is InChI=1S/C14H24N2OS.ClH/c17-14(13-2-1-9-18-13)16-7-5-12(6-8-16)15-10-11-3-4-11;/h11-13,15H,1-10H2;1H. The van der Waals surface area contributed by atoms with Crippen molar-refractivity contribution < 1.29 is 4.79 Å². The molecule has 2 aliphatic heterocycles. The Labute approximate surface area is 126 Å². The molecule has 3 fully saturated rings. The van der Waals surface area contributed by atoms with Crippen LogP contribution in [0.25, 0.3) is 0 Å². The number of likely N-dealkylation sites (tertiary alicyclic amines) is 1. The van der Waals surface area contributed by atoms with E-state index in [2.05, 4.69) is 10.2 Å². The van der Waals surface area contributed by atoms with Gasteiger partial charge in [-0.1, -0.05) is 0 Å². The van der Waals surface area contributed by atoms with Crippen molar-refractivity contribution in [3.8, 4) is 0 Å². The maximum absolute atomic E-state index is 12.3. The quantitative estimate of drug-likeness (QED) is 0.865. The summed E-state index contributed by atoms with van der Waals surface area (Å²) < 4.78 is 0. The summed E-state index contributed by atoms with van der Waals surface area (Å²) in [5.74, 6) is 2.55. The fourth-order valence-electron chi connectivity index (χ4n) is 2.94. The van der Waals surface area contributed by atoms with Gasteiger partial charge in [-0.05, 0) is 56.7 Å². The van der Waals surface area contributed by atoms with Crippen LogP contribution in [0.2, 0.25) is 0 Å². The second-order valence-electron chi connectivity index (χ2n) is 5.95. The molecule has 0 aromatic heterocycles. The summed E-state index contributed by atoms with van der Waals surface area (Å²) in [4.78, 5) is 14.4. The molecule has 1 saturated carbocycles. The second-order valence-corrected chi connectivity index (χ2v) is 7.26. The Bertz CT molecular complexity index is 298. The highest BCUT2D eigenvalue weighted by Crippen LogP contribution is 2.29. The number of carbonyl (C=O) groups excluding carboxylic acids is 1. The van der Waals surface area contributed by atoms with E-state index >= 15 is 0 Å². The van der Waals surface area contributed by atoms with Gasteiger partial charge in [0.15, 0.2) is 0 Å². The predicted octanol–water partition coefficient (Wildman–Crippen LogP) is 2.29. The van der Waals surface area contributed by atoms with Gasteiger partial charge in [0, 0.05) is 19.1 Å². The Morgan fingerprint density at radius 2 is 1.89 bits per heavy atom. The molecule has 1 atom stereocenters. The Kier molecular flexibility index (Phi) is 5.85. The lowest BCUT2D eigenvalue weighted by Gasteiger charge is -2.33. The van der Waals surface area contributed by atoms with Crippen molar-refractivity contribution in [3.05, 3.63) is 0 Å². The Morgan fingerprint density at radius 1 is 1.16 bits per heavy atom. The molecule has 0 spiro atoms. The van der Waals surface area contributed by atoms with Crippen molar-refractivity contribution >= 4 is 30.1 Å². The molecule has 110 valence electrons. The number of nitrogens with one attached hydrogen (secondary N) is 1. The third-order valence-electron chi connectivity index (χ3n) is 4.40. The maximum atomic E-state index is 12.3. The van der Waals surface area contributed by atoms with Crippen LogP contribution in [0.4, 0.5) is 0 Å². The Balaban J connectivity index is 0.00000133. The van der Waals surface area contributed by atoms with E-state index in [-0.39, 0.29) is 17.7 Å². The number of hydrogen-bond donors (Lipinski definition) is 1. The summed E-state index contributed by atoms with van der Waals surface area (Å²) in [5.41, 5.74) is 0. The summed E-state index contributed by atoms with van der Waals surface area (Å²) in [6.45, 7) is 3.15. The van der Waals surface area contributed by atoms with E-state index in [0.717, 1.165) is 38.3 Å². The van der Waals surface area contributed by atoms with E-state index in [9.17, 15) is 4.79 Å². The molecule has 2 saturated heterocycles. The van der Waals surface area contributed by atoms with Crippen molar-refractivity contribution in [2.45, 2.75) is 49.8 Å². The summed E-state index contributed by atoms with van der Waals surface area (Å²) in [7, 11) is 0. The van der Waals surface area contributed by atoms with E-state index in [4.69, 9.17) is 0 Å². The van der Waals surface area contributed by atoms with Crippen LogP contribution in [-0.2, 0) is 4.79 Å². The molecule has 0 aromatic rings. The zero-order valence-corrected chi connectivity index (χ0v) is 13.1. The molecular formula is C14H25ClN2OS. The molecule has 0 bridgehead atoms.